The van der Waals surface area contributed by atoms with Crippen molar-refractivity contribution in [2.75, 3.05) is 26.5 Å². The third-order valence-corrected chi connectivity index (χ3v) is 3.60. The molecule has 1 rings (SSSR count). The smallest absolute Gasteiger partial charge is 0.475 e. The predicted molar refractivity (Wildman–Crippen MR) is 59.4 cm³/mol. The molecule has 0 aromatic carbocycles. The standard InChI is InChI=1S/C7H13NO2S.C2HF3O2/c1-10-6(9)7(11-2)3-4-8-5-7;3-2(4,5)1(6)7/h8H,3-5H2,1-2H3;(H,6,7). The van der Waals surface area contributed by atoms with Crippen molar-refractivity contribution in [2.24, 2.45) is 0 Å². The van der Waals surface area contributed by atoms with E-state index < -0.39 is 12.1 Å². The molecule has 0 amide bonds. The van der Waals surface area contributed by atoms with Gasteiger partial charge in [0.2, 0.25) is 0 Å². The zero-order valence-electron chi connectivity index (χ0n) is 9.84. The van der Waals surface area contributed by atoms with E-state index in [1.54, 1.807) is 11.8 Å². The number of thioether (sulfide) groups is 1. The Hall–Kier alpha value is -0.960. The number of hydrogen-bond acceptors (Lipinski definition) is 5. The number of carboxylic acid groups (broad SMARTS) is 1. The number of methoxy groups -OCH3 is 1. The van der Waals surface area contributed by atoms with Crippen molar-refractivity contribution in [2.45, 2.75) is 17.3 Å². The van der Waals surface area contributed by atoms with Crippen LogP contribution in [0.15, 0.2) is 0 Å². The number of aliphatic carboxylic acids is 1. The lowest BCUT2D eigenvalue weighted by atomic mass is 10.1. The molecule has 18 heavy (non-hydrogen) atoms. The summed E-state index contributed by atoms with van der Waals surface area (Å²) in [6.45, 7) is 1.65. The molecule has 1 atom stereocenters. The number of rotatable bonds is 2. The van der Waals surface area contributed by atoms with Crippen LogP contribution >= 0.6 is 11.8 Å². The van der Waals surface area contributed by atoms with E-state index in [2.05, 4.69) is 5.32 Å². The Balaban J connectivity index is 0.000000360. The first-order valence-corrected chi connectivity index (χ1v) is 6.06. The molecule has 0 aromatic heterocycles. The molecular formula is C9H14F3NO4S. The van der Waals surface area contributed by atoms with Crippen LogP contribution in [0.25, 0.3) is 0 Å². The first-order valence-electron chi connectivity index (χ1n) is 4.84. The number of nitrogens with one attached hydrogen (secondary N) is 1. The molecule has 0 spiro atoms. The molecule has 1 fully saturated rings. The molecule has 1 aliphatic heterocycles. The highest BCUT2D eigenvalue weighted by Gasteiger charge is 2.41. The highest BCUT2D eigenvalue weighted by molar-refractivity contribution is 8.00. The molecule has 0 bridgehead atoms. The zero-order valence-corrected chi connectivity index (χ0v) is 10.7. The fraction of sp³-hybridized carbons (Fsp3) is 0.778. The lowest BCUT2D eigenvalue weighted by Crippen LogP contribution is -2.38. The van der Waals surface area contributed by atoms with Crippen LogP contribution in [0.4, 0.5) is 13.2 Å². The van der Waals surface area contributed by atoms with Crippen molar-refractivity contribution in [3.8, 4) is 0 Å². The normalized spacial score (nSPS) is 22.9. The minimum atomic E-state index is -5.08. The van der Waals surface area contributed by atoms with Crippen LogP contribution < -0.4 is 5.32 Å². The molecule has 1 saturated heterocycles. The largest absolute Gasteiger partial charge is 0.490 e. The maximum absolute atomic E-state index is 11.3. The second kappa shape index (κ2) is 6.83. The Bertz CT molecular complexity index is 303. The summed E-state index contributed by atoms with van der Waals surface area (Å²) in [6, 6.07) is 0. The van der Waals surface area contributed by atoms with Crippen LogP contribution in [-0.2, 0) is 14.3 Å². The molecule has 1 heterocycles. The van der Waals surface area contributed by atoms with Crippen molar-refractivity contribution in [3.63, 3.8) is 0 Å². The maximum Gasteiger partial charge on any atom is 0.490 e. The summed E-state index contributed by atoms with van der Waals surface area (Å²) >= 11 is 1.58. The van der Waals surface area contributed by atoms with Gasteiger partial charge >= 0.3 is 18.1 Å². The number of esters is 1. The lowest BCUT2D eigenvalue weighted by Gasteiger charge is -2.21. The molecule has 0 radical (unpaired) electrons. The monoisotopic (exact) mass is 289 g/mol. The minimum Gasteiger partial charge on any atom is -0.475 e. The Kier molecular flexibility index (Phi) is 6.47. The number of alkyl halides is 3. The Morgan fingerprint density at radius 3 is 2.17 bits per heavy atom. The molecule has 0 aliphatic carbocycles. The van der Waals surface area contributed by atoms with Gasteiger partial charge in [0, 0.05) is 6.54 Å². The highest BCUT2D eigenvalue weighted by atomic mass is 32.2. The first-order chi connectivity index (χ1) is 8.19. The van der Waals surface area contributed by atoms with E-state index in [0.29, 0.717) is 0 Å². The van der Waals surface area contributed by atoms with Crippen LogP contribution in [0.2, 0.25) is 0 Å². The van der Waals surface area contributed by atoms with Gasteiger partial charge in [-0.1, -0.05) is 0 Å². The topological polar surface area (TPSA) is 75.6 Å². The maximum atomic E-state index is 11.3. The van der Waals surface area contributed by atoms with Crippen molar-refractivity contribution in [1.82, 2.24) is 5.32 Å². The molecule has 1 unspecified atom stereocenters. The SMILES string of the molecule is COC(=O)C1(SC)CCNC1.O=C(O)C(F)(F)F. The second-order valence-electron chi connectivity index (χ2n) is 3.42. The van der Waals surface area contributed by atoms with Crippen LogP contribution in [0.5, 0.6) is 0 Å². The predicted octanol–water partition coefficient (Wildman–Crippen LogP) is 0.888. The molecular weight excluding hydrogens is 275 g/mol. The summed E-state index contributed by atoms with van der Waals surface area (Å²) in [5, 5.41) is 10.3. The number of hydrogen-bond donors (Lipinski definition) is 2. The first kappa shape index (κ1) is 17.0. The summed E-state index contributed by atoms with van der Waals surface area (Å²) in [7, 11) is 1.44. The lowest BCUT2D eigenvalue weighted by molar-refractivity contribution is -0.192. The van der Waals surface area contributed by atoms with Crippen LogP contribution in [0.1, 0.15) is 6.42 Å². The van der Waals surface area contributed by atoms with Crippen molar-refractivity contribution < 1.29 is 32.6 Å². The van der Waals surface area contributed by atoms with Gasteiger partial charge in [-0.05, 0) is 19.2 Å². The van der Waals surface area contributed by atoms with Gasteiger partial charge in [-0.15, -0.1) is 11.8 Å². The van der Waals surface area contributed by atoms with Gasteiger partial charge in [-0.2, -0.15) is 13.2 Å². The van der Waals surface area contributed by atoms with E-state index in [-0.39, 0.29) is 10.7 Å². The van der Waals surface area contributed by atoms with Gasteiger partial charge in [0.1, 0.15) is 4.75 Å². The zero-order chi connectivity index (χ0) is 14.4. The van der Waals surface area contributed by atoms with Crippen molar-refractivity contribution in [1.29, 1.82) is 0 Å². The summed E-state index contributed by atoms with van der Waals surface area (Å²) in [4.78, 5) is 20.2. The van der Waals surface area contributed by atoms with Crippen LogP contribution in [0, 0.1) is 0 Å². The van der Waals surface area contributed by atoms with Crippen molar-refractivity contribution >= 4 is 23.7 Å². The summed E-state index contributed by atoms with van der Waals surface area (Å²) in [5.41, 5.74) is 0. The number of carbonyl (C=O) groups excluding carboxylic acids is 1. The summed E-state index contributed by atoms with van der Waals surface area (Å²) in [6.07, 6.45) is -2.26. The highest BCUT2D eigenvalue weighted by Crippen LogP contribution is 2.30. The van der Waals surface area contributed by atoms with E-state index in [1.165, 1.54) is 7.11 Å². The van der Waals surface area contributed by atoms with E-state index in [1.807, 2.05) is 6.26 Å². The third kappa shape index (κ3) is 4.73. The number of ether oxygens (including phenoxy) is 1. The number of carbonyl (C=O) groups is 2. The van der Waals surface area contributed by atoms with Crippen LogP contribution in [-0.4, -0.2) is 54.4 Å². The number of halogens is 3. The van der Waals surface area contributed by atoms with Gasteiger partial charge in [-0.25, -0.2) is 4.79 Å². The van der Waals surface area contributed by atoms with Gasteiger partial charge in [-0.3, -0.25) is 4.79 Å². The minimum absolute atomic E-state index is 0.102. The average Bonchev–Trinajstić information content (AvgIpc) is 2.77. The van der Waals surface area contributed by atoms with E-state index in [9.17, 15) is 18.0 Å². The summed E-state index contributed by atoms with van der Waals surface area (Å²) < 4.78 is 36.2. The Labute approximate surface area is 106 Å². The van der Waals surface area contributed by atoms with Gasteiger partial charge < -0.3 is 15.2 Å². The molecule has 0 saturated carbocycles. The fourth-order valence-corrected chi connectivity index (χ4v) is 2.09. The Morgan fingerprint density at radius 2 is 1.94 bits per heavy atom. The molecule has 9 heteroatoms. The van der Waals surface area contributed by atoms with Gasteiger partial charge in [0.15, 0.2) is 0 Å². The van der Waals surface area contributed by atoms with E-state index in [0.717, 1.165) is 19.5 Å². The van der Waals surface area contributed by atoms with Gasteiger partial charge in [0.25, 0.3) is 0 Å². The number of carboxylic acids is 1. The molecule has 2 N–H and O–H groups in total. The quantitative estimate of drug-likeness (QED) is 0.735. The van der Waals surface area contributed by atoms with E-state index >= 15 is 0 Å². The average molecular weight is 289 g/mol. The molecule has 0 aromatic rings. The Morgan fingerprint density at radius 1 is 1.44 bits per heavy atom. The summed E-state index contributed by atoms with van der Waals surface area (Å²) in [5.74, 6) is -2.86. The molecule has 106 valence electrons. The van der Waals surface area contributed by atoms with Gasteiger partial charge in [0.05, 0.1) is 7.11 Å². The van der Waals surface area contributed by atoms with Crippen molar-refractivity contribution in [3.05, 3.63) is 0 Å². The molecule has 5 nitrogen and oxygen atoms in total. The third-order valence-electron chi connectivity index (χ3n) is 2.31. The molecule has 1 aliphatic rings. The second-order valence-corrected chi connectivity index (χ2v) is 4.61. The van der Waals surface area contributed by atoms with E-state index in [4.69, 9.17) is 14.6 Å². The fourth-order valence-electron chi connectivity index (χ4n) is 1.29. The van der Waals surface area contributed by atoms with Crippen LogP contribution in [0.3, 0.4) is 0 Å².